The van der Waals surface area contributed by atoms with Crippen molar-refractivity contribution in [3.05, 3.63) is 47.0 Å². The Kier molecular flexibility index (Phi) is 5.74. The van der Waals surface area contributed by atoms with E-state index < -0.39 is 0 Å². The van der Waals surface area contributed by atoms with Crippen LogP contribution in [0.5, 0.6) is 0 Å². The van der Waals surface area contributed by atoms with Crippen LogP contribution in [0.4, 0.5) is 0 Å². The number of allylic oxidation sites excluding steroid dienone is 1. The lowest BCUT2D eigenvalue weighted by molar-refractivity contribution is 0.647. The van der Waals surface area contributed by atoms with Gasteiger partial charge in [0.15, 0.2) is 0 Å². The molecule has 0 fully saturated rings. The first-order valence-electron chi connectivity index (χ1n) is 7.67. The molecule has 2 heteroatoms. The summed E-state index contributed by atoms with van der Waals surface area (Å²) in [6.45, 7) is 6.19. The van der Waals surface area contributed by atoms with E-state index in [1.165, 1.54) is 31.2 Å². The maximum atomic E-state index is 3.93. The van der Waals surface area contributed by atoms with Gasteiger partial charge in [0.05, 0.1) is 5.37 Å². The normalized spacial score (nSPS) is 17.4. The molecule has 2 unspecified atom stereocenters. The molecule has 0 aromatic heterocycles. The van der Waals surface area contributed by atoms with Gasteiger partial charge in [-0.25, -0.2) is 0 Å². The van der Waals surface area contributed by atoms with Crippen LogP contribution in [-0.4, -0.2) is 13.3 Å². The monoisotopic (exact) mass is 289 g/mol. The number of hydrogen-bond acceptors (Lipinski definition) is 2. The van der Waals surface area contributed by atoms with E-state index in [2.05, 4.69) is 50.3 Å². The van der Waals surface area contributed by atoms with Crippen molar-refractivity contribution in [2.24, 2.45) is 5.92 Å². The van der Waals surface area contributed by atoms with Crippen LogP contribution in [-0.2, 0) is 19.3 Å². The Bertz CT molecular complexity index is 463. The average molecular weight is 289 g/mol. The molecule has 2 atom stereocenters. The van der Waals surface area contributed by atoms with E-state index >= 15 is 0 Å². The Labute approximate surface area is 128 Å². The molecular weight excluding hydrogens is 262 g/mol. The molecule has 2 rings (SSSR count). The van der Waals surface area contributed by atoms with E-state index in [9.17, 15) is 0 Å². The fourth-order valence-corrected chi connectivity index (χ4v) is 3.95. The predicted octanol–water partition coefficient (Wildman–Crippen LogP) is 4.51. The minimum atomic E-state index is 0.424. The molecule has 1 aromatic carbocycles. The third kappa shape index (κ3) is 3.29. The number of rotatable bonds is 6. The summed E-state index contributed by atoms with van der Waals surface area (Å²) in [5.74, 6) is 0.563. The minimum Gasteiger partial charge on any atom is -0.305 e. The Hall–Kier alpha value is -0.730. The number of nitrogens with one attached hydrogen (secondary N) is 1. The Morgan fingerprint density at radius 3 is 2.60 bits per heavy atom. The van der Waals surface area contributed by atoms with Gasteiger partial charge in [-0.05, 0) is 73.6 Å². The lowest BCUT2D eigenvalue weighted by atomic mass is 9.82. The van der Waals surface area contributed by atoms with Crippen molar-refractivity contribution in [2.45, 2.75) is 44.4 Å². The average Bonchev–Trinajstić information content (AvgIpc) is 2.50. The van der Waals surface area contributed by atoms with Gasteiger partial charge >= 0.3 is 0 Å². The zero-order chi connectivity index (χ0) is 14.5. The lowest BCUT2D eigenvalue weighted by Gasteiger charge is -2.27. The fourth-order valence-electron chi connectivity index (χ4n) is 3.24. The van der Waals surface area contributed by atoms with Gasteiger partial charge < -0.3 is 5.32 Å². The second kappa shape index (κ2) is 7.33. The summed E-state index contributed by atoms with van der Waals surface area (Å²) >= 11 is 1.89. The molecule has 1 nitrogen and oxygen atoms in total. The largest absolute Gasteiger partial charge is 0.305 e. The van der Waals surface area contributed by atoms with Gasteiger partial charge in [-0.3, -0.25) is 0 Å². The summed E-state index contributed by atoms with van der Waals surface area (Å²) in [5, 5.41) is 3.86. The standard InChI is InChI=1S/C18H27NS/c1-5-13(2)12-14-10-11-17(18(19-3)20-4)16-9-7-6-8-15(14)16/h5,10-11,13,18-19H,1,6-9,12H2,2-4H3. The SMILES string of the molecule is C=CC(C)Cc1ccc(C(NC)SC)c2c1CCCC2. The molecule has 0 aliphatic heterocycles. The summed E-state index contributed by atoms with van der Waals surface area (Å²) in [4.78, 5) is 0. The molecule has 0 saturated heterocycles. The van der Waals surface area contributed by atoms with Crippen molar-refractivity contribution < 1.29 is 0 Å². The molecule has 1 N–H and O–H groups in total. The molecule has 0 heterocycles. The summed E-state index contributed by atoms with van der Waals surface area (Å²) < 4.78 is 0. The summed E-state index contributed by atoms with van der Waals surface area (Å²) in [5.41, 5.74) is 6.31. The highest BCUT2D eigenvalue weighted by Gasteiger charge is 2.21. The van der Waals surface area contributed by atoms with E-state index in [4.69, 9.17) is 0 Å². The van der Waals surface area contributed by atoms with Gasteiger partial charge in [-0.1, -0.05) is 25.1 Å². The maximum Gasteiger partial charge on any atom is 0.0786 e. The van der Waals surface area contributed by atoms with Crippen LogP contribution in [0.3, 0.4) is 0 Å². The summed E-state index contributed by atoms with van der Waals surface area (Å²) in [6, 6.07) is 4.72. The van der Waals surface area contributed by atoms with Crippen molar-refractivity contribution >= 4 is 11.8 Å². The van der Waals surface area contributed by atoms with Gasteiger partial charge in [0.25, 0.3) is 0 Å². The van der Waals surface area contributed by atoms with Crippen LogP contribution in [0.2, 0.25) is 0 Å². The summed E-state index contributed by atoms with van der Waals surface area (Å²) in [6.07, 6.45) is 10.6. The molecule has 0 saturated carbocycles. The van der Waals surface area contributed by atoms with Gasteiger partial charge in [0.1, 0.15) is 0 Å². The minimum absolute atomic E-state index is 0.424. The lowest BCUT2D eigenvalue weighted by Crippen LogP contribution is -2.18. The van der Waals surface area contributed by atoms with Crippen LogP contribution in [0.1, 0.15) is 47.4 Å². The van der Waals surface area contributed by atoms with E-state index in [1.54, 1.807) is 16.7 Å². The van der Waals surface area contributed by atoms with E-state index in [1.807, 2.05) is 11.8 Å². The van der Waals surface area contributed by atoms with Crippen molar-refractivity contribution in [1.29, 1.82) is 0 Å². The van der Waals surface area contributed by atoms with Crippen molar-refractivity contribution in [3.8, 4) is 0 Å². The fraction of sp³-hybridized carbons (Fsp3) is 0.556. The van der Waals surface area contributed by atoms with Crippen molar-refractivity contribution in [3.63, 3.8) is 0 Å². The van der Waals surface area contributed by atoms with E-state index in [-0.39, 0.29) is 0 Å². The number of fused-ring (bicyclic) bond motifs is 1. The van der Waals surface area contributed by atoms with Crippen molar-refractivity contribution in [2.75, 3.05) is 13.3 Å². The van der Waals surface area contributed by atoms with Gasteiger partial charge in [-0.2, -0.15) is 0 Å². The topological polar surface area (TPSA) is 12.0 Å². The zero-order valence-corrected chi connectivity index (χ0v) is 13.9. The number of hydrogen-bond donors (Lipinski definition) is 1. The van der Waals surface area contributed by atoms with Crippen LogP contribution < -0.4 is 5.32 Å². The first kappa shape index (κ1) is 15.7. The first-order chi connectivity index (χ1) is 9.71. The third-order valence-corrected chi connectivity index (χ3v) is 5.35. The molecule has 0 radical (unpaired) electrons. The van der Waals surface area contributed by atoms with Gasteiger partial charge in [-0.15, -0.1) is 18.3 Å². The highest BCUT2D eigenvalue weighted by atomic mass is 32.2. The summed E-state index contributed by atoms with van der Waals surface area (Å²) in [7, 11) is 2.06. The molecule has 1 aliphatic carbocycles. The number of thioether (sulfide) groups is 1. The smallest absolute Gasteiger partial charge is 0.0786 e. The number of benzene rings is 1. The van der Waals surface area contributed by atoms with E-state index in [0.717, 1.165) is 6.42 Å². The van der Waals surface area contributed by atoms with Crippen LogP contribution in [0.25, 0.3) is 0 Å². The van der Waals surface area contributed by atoms with Gasteiger partial charge in [0.2, 0.25) is 0 Å². The highest BCUT2D eigenvalue weighted by molar-refractivity contribution is 7.98. The Balaban J connectivity index is 2.40. The second-order valence-corrected chi connectivity index (χ2v) is 6.74. The third-order valence-electron chi connectivity index (χ3n) is 4.39. The Morgan fingerprint density at radius 2 is 2.00 bits per heavy atom. The molecular formula is C18H27NS. The molecule has 1 aromatic rings. The zero-order valence-electron chi connectivity index (χ0n) is 13.0. The van der Waals surface area contributed by atoms with Crippen LogP contribution >= 0.6 is 11.8 Å². The molecule has 20 heavy (non-hydrogen) atoms. The maximum absolute atomic E-state index is 3.93. The Morgan fingerprint density at radius 1 is 1.30 bits per heavy atom. The molecule has 1 aliphatic rings. The predicted molar refractivity (Wildman–Crippen MR) is 91.5 cm³/mol. The quantitative estimate of drug-likeness (QED) is 0.611. The van der Waals surface area contributed by atoms with E-state index in [0.29, 0.717) is 11.3 Å². The van der Waals surface area contributed by atoms with Crippen molar-refractivity contribution in [1.82, 2.24) is 5.32 Å². The first-order valence-corrected chi connectivity index (χ1v) is 8.96. The molecule has 110 valence electrons. The van der Waals surface area contributed by atoms with Gasteiger partial charge in [0, 0.05) is 0 Å². The van der Waals surface area contributed by atoms with Crippen LogP contribution in [0, 0.1) is 5.92 Å². The molecule has 0 amide bonds. The highest BCUT2D eigenvalue weighted by Crippen LogP contribution is 2.35. The molecule has 0 bridgehead atoms. The molecule has 0 spiro atoms. The van der Waals surface area contributed by atoms with Crippen LogP contribution in [0.15, 0.2) is 24.8 Å². The second-order valence-electron chi connectivity index (χ2n) is 5.80.